The van der Waals surface area contributed by atoms with Crippen molar-refractivity contribution in [3.8, 4) is 0 Å². The second-order valence-corrected chi connectivity index (χ2v) is 7.76. The number of nitrogens with one attached hydrogen (secondary N) is 2. The van der Waals surface area contributed by atoms with Crippen LogP contribution in [0.2, 0.25) is 10.3 Å². The molecule has 1 unspecified atom stereocenters. The van der Waals surface area contributed by atoms with Crippen LogP contribution < -0.4 is 5.32 Å². The molecule has 0 amide bonds. The summed E-state index contributed by atoms with van der Waals surface area (Å²) in [4.78, 5) is 32.7. The van der Waals surface area contributed by atoms with E-state index in [1.54, 1.807) is 13.8 Å². The monoisotopic (exact) mass is 427 g/mol. The molecule has 1 aliphatic carbocycles. The number of esters is 2. The minimum Gasteiger partial charge on any atom is -0.466 e. The van der Waals surface area contributed by atoms with E-state index in [1.165, 1.54) is 7.11 Å². The van der Waals surface area contributed by atoms with Gasteiger partial charge in [-0.25, -0.2) is 14.6 Å². The molecule has 3 rings (SSSR count). The molecule has 0 radical (unpaired) electrons. The summed E-state index contributed by atoms with van der Waals surface area (Å²) in [5, 5.41) is 3.28. The van der Waals surface area contributed by atoms with Gasteiger partial charge in [0.2, 0.25) is 0 Å². The predicted octanol–water partition coefficient (Wildman–Crippen LogP) is 4.00. The average molecular weight is 428 g/mol. The molecule has 1 saturated carbocycles. The van der Waals surface area contributed by atoms with Gasteiger partial charge >= 0.3 is 11.9 Å². The number of H-pyrrole nitrogens is 1. The number of nitrogens with zero attached hydrogens (tertiary/aromatic N) is 1. The van der Waals surface area contributed by atoms with Crippen molar-refractivity contribution in [2.45, 2.75) is 58.0 Å². The van der Waals surface area contributed by atoms with Crippen LogP contribution in [0.1, 0.15) is 57.7 Å². The molecule has 152 valence electrons. The first kappa shape index (κ1) is 20.7. The fraction of sp³-hybridized carbons (Fsp3) is 0.526. The van der Waals surface area contributed by atoms with Crippen LogP contribution in [0.4, 0.5) is 0 Å². The molecule has 1 aliphatic heterocycles. The standard InChI is InChI=1S/C19H23Cl2N3O4/c1-9-12(18(25)27-3)14(17-23-15(20)16(21)24-17)13(10(2)22-9)19(26)28-11-7-5-4-6-8-11/h11,14,22H,4-8H2,1-3H3,(H,23,24). The van der Waals surface area contributed by atoms with Gasteiger partial charge in [-0.2, -0.15) is 0 Å². The highest BCUT2D eigenvalue weighted by molar-refractivity contribution is 6.40. The summed E-state index contributed by atoms with van der Waals surface area (Å²) >= 11 is 12.0. The zero-order valence-corrected chi connectivity index (χ0v) is 17.5. The Hall–Kier alpha value is -1.99. The van der Waals surface area contributed by atoms with E-state index in [9.17, 15) is 9.59 Å². The zero-order chi connectivity index (χ0) is 20.4. The molecule has 0 aromatic carbocycles. The quantitative estimate of drug-likeness (QED) is 0.705. The molecule has 1 fully saturated rings. The van der Waals surface area contributed by atoms with Crippen LogP contribution in [0.25, 0.3) is 0 Å². The van der Waals surface area contributed by atoms with Crippen molar-refractivity contribution in [3.63, 3.8) is 0 Å². The normalized spacial score (nSPS) is 20.8. The molecular formula is C19H23Cl2N3O4. The van der Waals surface area contributed by atoms with E-state index in [0.717, 1.165) is 32.1 Å². The number of aromatic amines is 1. The number of aromatic nitrogens is 2. The third kappa shape index (κ3) is 4.05. The Morgan fingerprint density at radius 2 is 1.64 bits per heavy atom. The van der Waals surface area contributed by atoms with E-state index in [-0.39, 0.29) is 27.8 Å². The maximum Gasteiger partial charge on any atom is 0.337 e. The first-order chi connectivity index (χ1) is 13.3. The highest BCUT2D eigenvalue weighted by Crippen LogP contribution is 2.39. The van der Waals surface area contributed by atoms with Gasteiger partial charge in [0.05, 0.1) is 24.2 Å². The maximum absolute atomic E-state index is 13.1. The molecule has 7 nitrogen and oxygen atoms in total. The summed E-state index contributed by atoms with van der Waals surface area (Å²) in [7, 11) is 1.28. The van der Waals surface area contributed by atoms with Crippen molar-refractivity contribution in [2.24, 2.45) is 0 Å². The lowest BCUT2D eigenvalue weighted by Crippen LogP contribution is -2.34. The Bertz CT molecular complexity index is 834. The van der Waals surface area contributed by atoms with Gasteiger partial charge in [0, 0.05) is 11.4 Å². The molecular weight excluding hydrogens is 405 g/mol. The number of carbonyl (C=O) groups excluding carboxylic acids is 2. The van der Waals surface area contributed by atoms with Crippen LogP contribution >= 0.6 is 23.2 Å². The Kier molecular flexibility index (Phi) is 6.35. The van der Waals surface area contributed by atoms with Crippen molar-refractivity contribution in [2.75, 3.05) is 7.11 Å². The van der Waals surface area contributed by atoms with Gasteiger partial charge in [-0.3, -0.25) is 0 Å². The Morgan fingerprint density at radius 3 is 2.18 bits per heavy atom. The first-order valence-electron chi connectivity index (χ1n) is 9.22. The van der Waals surface area contributed by atoms with E-state index < -0.39 is 17.9 Å². The summed E-state index contributed by atoms with van der Waals surface area (Å²) in [6, 6.07) is 0. The van der Waals surface area contributed by atoms with Gasteiger partial charge in [0.25, 0.3) is 0 Å². The molecule has 2 heterocycles. The minimum atomic E-state index is -0.824. The predicted molar refractivity (Wildman–Crippen MR) is 105 cm³/mol. The number of dihydropyridines is 1. The summed E-state index contributed by atoms with van der Waals surface area (Å²) in [6.07, 6.45) is 4.78. The van der Waals surface area contributed by atoms with Crippen LogP contribution in [0.3, 0.4) is 0 Å². The number of hydrogen-bond acceptors (Lipinski definition) is 6. The number of rotatable bonds is 4. The lowest BCUT2D eigenvalue weighted by atomic mass is 9.84. The number of carbonyl (C=O) groups is 2. The fourth-order valence-electron chi connectivity index (χ4n) is 3.80. The van der Waals surface area contributed by atoms with E-state index in [0.29, 0.717) is 17.0 Å². The maximum atomic E-state index is 13.1. The third-order valence-electron chi connectivity index (χ3n) is 5.12. The zero-order valence-electron chi connectivity index (χ0n) is 16.0. The van der Waals surface area contributed by atoms with Crippen molar-refractivity contribution >= 4 is 35.1 Å². The van der Waals surface area contributed by atoms with Crippen LogP contribution in [0.15, 0.2) is 22.5 Å². The van der Waals surface area contributed by atoms with Crippen LogP contribution in [-0.4, -0.2) is 35.1 Å². The van der Waals surface area contributed by atoms with Gasteiger partial charge < -0.3 is 19.8 Å². The van der Waals surface area contributed by atoms with Crippen molar-refractivity contribution in [1.29, 1.82) is 0 Å². The SMILES string of the molecule is COC(=O)C1=C(C)NC(C)=C(C(=O)OC2CCCCC2)C1c1nc(Cl)c(Cl)[nH]1. The number of ether oxygens (including phenoxy) is 2. The number of imidazole rings is 1. The van der Waals surface area contributed by atoms with Crippen LogP contribution in [0, 0.1) is 0 Å². The highest BCUT2D eigenvalue weighted by Gasteiger charge is 2.40. The number of halogens is 2. The van der Waals surface area contributed by atoms with Crippen molar-refractivity contribution < 1.29 is 19.1 Å². The topological polar surface area (TPSA) is 93.3 Å². The molecule has 9 heteroatoms. The molecule has 28 heavy (non-hydrogen) atoms. The van der Waals surface area contributed by atoms with Gasteiger partial charge in [0.15, 0.2) is 5.15 Å². The van der Waals surface area contributed by atoms with Crippen molar-refractivity contribution in [1.82, 2.24) is 15.3 Å². The van der Waals surface area contributed by atoms with E-state index in [1.807, 2.05) is 0 Å². The van der Waals surface area contributed by atoms with Crippen molar-refractivity contribution in [3.05, 3.63) is 38.7 Å². The van der Waals surface area contributed by atoms with Gasteiger partial charge in [-0.05, 0) is 39.5 Å². The Balaban J connectivity index is 2.02. The number of methoxy groups -OCH3 is 1. The molecule has 0 bridgehead atoms. The molecule has 0 saturated heterocycles. The number of allylic oxidation sites excluding steroid dienone is 2. The molecule has 2 N–H and O–H groups in total. The van der Waals surface area contributed by atoms with Crippen LogP contribution in [0.5, 0.6) is 0 Å². The summed E-state index contributed by atoms with van der Waals surface area (Å²) in [5.74, 6) is -1.60. The summed E-state index contributed by atoms with van der Waals surface area (Å²) in [5.41, 5.74) is 1.69. The summed E-state index contributed by atoms with van der Waals surface area (Å²) < 4.78 is 10.7. The molecule has 1 atom stereocenters. The summed E-state index contributed by atoms with van der Waals surface area (Å²) in [6.45, 7) is 3.49. The Labute approximate surface area is 173 Å². The van der Waals surface area contributed by atoms with E-state index >= 15 is 0 Å². The molecule has 2 aliphatic rings. The molecule has 1 aromatic rings. The fourth-order valence-corrected chi connectivity index (χ4v) is 4.08. The third-order valence-corrected chi connectivity index (χ3v) is 5.77. The van der Waals surface area contributed by atoms with Gasteiger partial charge in [0.1, 0.15) is 17.1 Å². The smallest absolute Gasteiger partial charge is 0.337 e. The second kappa shape index (κ2) is 8.57. The average Bonchev–Trinajstić information content (AvgIpc) is 2.99. The van der Waals surface area contributed by atoms with Crippen LogP contribution in [-0.2, 0) is 19.1 Å². The number of hydrogen-bond donors (Lipinski definition) is 2. The molecule has 1 aromatic heterocycles. The molecule has 0 spiro atoms. The Morgan fingerprint density at radius 1 is 1.04 bits per heavy atom. The second-order valence-electron chi connectivity index (χ2n) is 7.02. The minimum absolute atomic E-state index is 0.0646. The van der Waals surface area contributed by atoms with Gasteiger partial charge in [-0.1, -0.05) is 29.6 Å². The largest absolute Gasteiger partial charge is 0.466 e. The van der Waals surface area contributed by atoms with Gasteiger partial charge in [-0.15, -0.1) is 0 Å². The lowest BCUT2D eigenvalue weighted by molar-refractivity contribution is -0.146. The van der Waals surface area contributed by atoms with E-state index in [2.05, 4.69) is 15.3 Å². The first-order valence-corrected chi connectivity index (χ1v) is 9.97. The lowest BCUT2D eigenvalue weighted by Gasteiger charge is -2.30. The van der Waals surface area contributed by atoms with E-state index in [4.69, 9.17) is 32.7 Å². The highest BCUT2D eigenvalue weighted by atomic mass is 35.5.